The van der Waals surface area contributed by atoms with Gasteiger partial charge in [-0.1, -0.05) is 6.92 Å². The SMILES string of the molecule is COC1CN(c2nc(Br)cn3ccnc23)CCC1C. The third-order valence-electron chi connectivity index (χ3n) is 3.82. The molecule has 0 saturated carbocycles. The van der Waals surface area contributed by atoms with Crippen molar-refractivity contribution in [2.45, 2.75) is 19.4 Å². The molecule has 0 amide bonds. The first-order valence-electron chi connectivity index (χ1n) is 6.46. The number of hydrogen-bond acceptors (Lipinski definition) is 4. The monoisotopic (exact) mass is 324 g/mol. The van der Waals surface area contributed by atoms with Gasteiger partial charge in [-0.05, 0) is 28.3 Å². The van der Waals surface area contributed by atoms with Crippen molar-refractivity contribution in [3.8, 4) is 0 Å². The van der Waals surface area contributed by atoms with E-state index in [-0.39, 0.29) is 6.10 Å². The van der Waals surface area contributed by atoms with E-state index in [2.05, 4.69) is 37.7 Å². The molecule has 0 radical (unpaired) electrons. The molecule has 6 heteroatoms. The van der Waals surface area contributed by atoms with Gasteiger partial charge in [0.1, 0.15) is 4.60 Å². The van der Waals surface area contributed by atoms with Crippen molar-refractivity contribution >= 4 is 27.4 Å². The molecule has 1 aliphatic heterocycles. The van der Waals surface area contributed by atoms with Gasteiger partial charge in [-0.25, -0.2) is 9.97 Å². The van der Waals surface area contributed by atoms with E-state index in [0.717, 1.165) is 35.6 Å². The number of imidazole rings is 1. The molecule has 0 spiro atoms. The number of nitrogens with zero attached hydrogens (tertiary/aromatic N) is 4. The third kappa shape index (κ3) is 2.34. The minimum absolute atomic E-state index is 0.254. The van der Waals surface area contributed by atoms with Crippen LogP contribution in [0.25, 0.3) is 5.65 Å². The second kappa shape index (κ2) is 5.09. The lowest BCUT2D eigenvalue weighted by Crippen LogP contribution is -2.44. The molecule has 5 nitrogen and oxygen atoms in total. The lowest BCUT2D eigenvalue weighted by atomic mass is 9.96. The fourth-order valence-corrected chi connectivity index (χ4v) is 3.02. The van der Waals surface area contributed by atoms with Crippen molar-refractivity contribution in [1.82, 2.24) is 14.4 Å². The first-order valence-corrected chi connectivity index (χ1v) is 7.25. The molecule has 1 fully saturated rings. The molecule has 1 aliphatic rings. The molecule has 0 aliphatic carbocycles. The summed E-state index contributed by atoms with van der Waals surface area (Å²) in [5.74, 6) is 1.51. The van der Waals surface area contributed by atoms with Gasteiger partial charge in [0, 0.05) is 38.8 Å². The summed E-state index contributed by atoms with van der Waals surface area (Å²) >= 11 is 3.46. The number of fused-ring (bicyclic) bond motifs is 1. The van der Waals surface area contributed by atoms with Crippen molar-refractivity contribution in [1.29, 1.82) is 0 Å². The summed E-state index contributed by atoms with van der Waals surface area (Å²) in [6, 6.07) is 0. The Bertz CT molecular complexity index is 585. The zero-order chi connectivity index (χ0) is 13.4. The average Bonchev–Trinajstić information content (AvgIpc) is 2.86. The highest BCUT2D eigenvalue weighted by Crippen LogP contribution is 2.27. The van der Waals surface area contributed by atoms with Gasteiger partial charge in [-0.2, -0.15) is 0 Å². The molecule has 1 saturated heterocycles. The van der Waals surface area contributed by atoms with Crippen LogP contribution >= 0.6 is 15.9 Å². The van der Waals surface area contributed by atoms with Gasteiger partial charge in [0.25, 0.3) is 0 Å². The van der Waals surface area contributed by atoms with E-state index in [1.807, 2.05) is 16.8 Å². The minimum atomic E-state index is 0.254. The summed E-state index contributed by atoms with van der Waals surface area (Å²) in [6.45, 7) is 4.10. The summed E-state index contributed by atoms with van der Waals surface area (Å²) in [6.07, 6.45) is 7.02. The lowest BCUT2D eigenvalue weighted by molar-refractivity contribution is 0.0497. The topological polar surface area (TPSA) is 42.7 Å². The molecule has 102 valence electrons. The van der Waals surface area contributed by atoms with E-state index in [1.165, 1.54) is 0 Å². The van der Waals surface area contributed by atoms with Gasteiger partial charge < -0.3 is 14.0 Å². The molecule has 0 bridgehead atoms. The van der Waals surface area contributed by atoms with E-state index >= 15 is 0 Å². The largest absolute Gasteiger partial charge is 0.379 e. The quantitative estimate of drug-likeness (QED) is 0.850. The van der Waals surface area contributed by atoms with E-state index in [0.29, 0.717) is 5.92 Å². The highest BCUT2D eigenvalue weighted by Gasteiger charge is 2.28. The van der Waals surface area contributed by atoms with E-state index in [4.69, 9.17) is 4.74 Å². The van der Waals surface area contributed by atoms with Crippen molar-refractivity contribution < 1.29 is 4.74 Å². The van der Waals surface area contributed by atoms with Crippen molar-refractivity contribution in [3.63, 3.8) is 0 Å². The van der Waals surface area contributed by atoms with E-state index in [1.54, 1.807) is 13.3 Å². The van der Waals surface area contributed by atoms with Crippen LogP contribution in [0.5, 0.6) is 0 Å². The van der Waals surface area contributed by atoms with Crippen LogP contribution in [-0.2, 0) is 4.74 Å². The zero-order valence-electron chi connectivity index (χ0n) is 11.1. The molecule has 0 N–H and O–H groups in total. The number of aromatic nitrogens is 3. The van der Waals surface area contributed by atoms with Gasteiger partial charge in [-0.3, -0.25) is 0 Å². The number of hydrogen-bond donors (Lipinski definition) is 0. The third-order valence-corrected chi connectivity index (χ3v) is 4.20. The van der Waals surface area contributed by atoms with E-state index in [9.17, 15) is 0 Å². The molecule has 2 aromatic heterocycles. The first kappa shape index (κ1) is 12.9. The predicted molar refractivity (Wildman–Crippen MR) is 77.5 cm³/mol. The van der Waals surface area contributed by atoms with Crippen LogP contribution in [0.2, 0.25) is 0 Å². The summed E-state index contributed by atoms with van der Waals surface area (Å²) in [5.41, 5.74) is 0.896. The molecule has 19 heavy (non-hydrogen) atoms. The van der Waals surface area contributed by atoms with Crippen LogP contribution in [0.3, 0.4) is 0 Å². The summed E-state index contributed by atoms with van der Waals surface area (Å²) in [5, 5.41) is 0. The van der Waals surface area contributed by atoms with Crippen LogP contribution in [-0.4, -0.2) is 40.7 Å². The van der Waals surface area contributed by atoms with Gasteiger partial charge in [0.2, 0.25) is 0 Å². The van der Waals surface area contributed by atoms with Crippen LogP contribution in [0, 0.1) is 5.92 Å². The average molecular weight is 325 g/mol. The Balaban J connectivity index is 1.97. The van der Waals surface area contributed by atoms with Crippen molar-refractivity contribution in [3.05, 3.63) is 23.2 Å². The highest BCUT2D eigenvalue weighted by molar-refractivity contribution is 9.10. The second-order valence-corrected chi connectivity index (χ2v) is 5.84. The van der Waals surface area contributed by atoms with Crippen LogP contribution < -0.4 is 4.90 Å². The van der Waals surface area contributed by atoms with E-state index < -0.39 is 0 Å². The lowest BCUT2D eigenvalue weighted by Gasteiger charge is -2.36. The molecular weight excluding hydrogens is 308 g/mol. The van der Waals surface area contributed by atoms with Crippen LogP contribution in [0.1, 0.15) is 13.3 Å². The number of rotatable bonds is 2. The Morgan fingerprint density at radius 1 is 1.47 bits per heavy atom. The normalized spacial score (nSPS) is 24.1. The molecule has 3 heterocycles. The molecule has 2 aromatic rings. The molecule has 0 aromatic carbocycles. The minimum Gasteiger partial charge on any atom is -0.379 e. The molecule has 2 unspecified atom stereocenters. The fraction of sp³-hybridized carbons (Fsp3) is 0.538. The Labute approximate surface area is 120 Å². The van der Waals surface area contributed by atoms with Gasteiger partial charge in [-0.15, -0.1) is 0 Å². The number of halogens is 1. The van der Waals surface area contributed by atoms with Crippen molar-refractivity contribution in [2.24, 2.45) is 5.92 Å². The fourth-order valence-electron chi connectivity index (χ4n) is 2.63. The first-order chi connectivity index (χ1) is 9.19. The Kier molecular flexibility index (Phi) is 3.45. The van der Waals surface area contributed by atoms with Gasteiger partial charge in [0.05, 0.1) is 6.10 Å². The van der Waals surface area contributed by atoms with Gasteiger partial charge in [0.15, 0.2) is 11.5 Å². The van der Waals surface area contributed by atoms with Gasteiger partial charge >= 0.3 is 0 Å². The van der Waals surface area contributed by atoms with Crippen LogP contribution in [0.4, 0.5) is 5.82 Å². The Hall–Kier alpha value is -1.14. The standard InChI is InChI=1S/C13H17BrN4O/c1-9-3-5-17(7-10(9)19-2)13-12-15-4-6-18(12)8-11(14)16-13/h4,6,8-10H,3,5,7H2,1-2H3. The maximum atomic E-state index is 5.57. The Morgan fingerprint density at radius 2 is 2.32 bits per heavy atom. The summed E-state index contributed by atoms with van der Waals surface area (Å²) < 4.78 is 8.38. The zero-order valence-corrected chi connectivity index (χ0v) is 12.7. The maximum absolute atomic E-state index is 5.57. The predicted octanol–water partition coefficient (Wildman–Crippen LogP) is 2.35. The molecule has 3 rings (SSSR count). The molecular formula is C13H17BrN4O. The Morgan fingerprint density at radius 3 is 3.11 bits per heavy atom. The highest BCUT2D eigenvalue weighted by atomic mass is 79.9. The summed E-state index contributed by atoms with van der Waals surface area (Å²) in [7, 11) is 1.78. The summed E-state index contributed by atoms with van der Waals surface area (Å²) in [4.78, 5) is 11.3. The molecule has 2 atom stereocenters. The number of anilines is 1. The number of piperidine rings is 1. The van der Waals surface area contributed by atoms with Crippen molar-refractivity contribution in [2.75, 3.05) is 25.1 Å². The van der Waals surface area contributed by atoms with Crippen LogP contribution in [0.15, 0.2) is 23.2 Å². The smallest absolute Gasteiger partial charge is 0.180 e. The number of ether oxygens (including phenoxy) is 1. The second-order valence-electron chi connectivity index (χ2n) is 5.03. The number of methoxy groups -OCH3 is 1. The maximum Gasteiger partial charge on any atom is 0.180 e.